The van der Waals surface area contributed by atoms with Crippen molar-refractivity contribution in [2.75, 3.05) is 6.54 Å². The third kappa shape index (κ3) is 2.79. The standard InChI is InChI=1S/C9H15N3O2.ClH/c1-5-9(14)8(7(11)2-10)6(4-13)3-12-5;/h3,7,13-14H,2,4,10-11H2,1H3;1H/t7-;/m1./s1. The van der Waals surface area contributed by atoms with Gasteiger partial charge in [0, 0.05) is 29.9 Å². The Morgan fingerprint density at radius 2 is 2.13 bits per heavy atom. The van der Waals surface area contributed by atoms with Crippen molar-refractivity contribution in [3.63, 3.8) is 0 Å². The van der Waals surface area contributed by atoms with Gasteiger partial charge in [-0.15, -0.1) is 12.4 Å². The first kappa shape index (κ1) is 14.1. The lowest BCUT2D eigenvalue weighted by Gasteiger charge is -2.16. The van der Waals surface area contributed by atoms with Crippen LogP contribution in [0.15, 0.2) is 6.20 Å². The van der Waals surface area contributed by atoms with E-state index in [9.17, 15) is 5.11 Å². The van der Waals surface area contributed by atoms with Crippen LogP contribution in [0.1, 0.15) is 22.9 Å². The summed E-state index contributed by atoms with van der Waals surface area (Å²) in [5, 5.41) is 18.7. The molecule has 0 aliphatic rings. The van der Waals surface area contributed by atoms with Crippen molar-refractivity contribution in [3.8, 4) is 5.75 Å². The monoisotopic (exact) mass is 233 g/mol. The first-order chi connectivity index (χ1) is 6.61. The lowest BCUT2D eigenvalue weighted by molar-refractivity contribution is 0.278. The zero-order valence-electron chi connectivity index (χ0n) is 8.47. The van der Waals surface area contributed by atoms with E-state index in [0.29, 0.717) is 16.8 Å². The molecule has 6 N–H and O–H groups in total. The van der Waals surface area contributed by atoms with E-state index in [1.807, 2.05) is 0 Å². The molecule has 0 aliphatic carbocycles. The minimum absolute atomic E-state index is 0. The van der Waals surface area contributed by atoms with Crippen LogP contribution in [-0.4, -0.2) is 21.7 Å². The van der Waals surface area contributed by atoms with Crippen LogP contribution in [0.3, 0.4) is 0 Å². The fourth-order valence-corrected chi connectivity index (χ4v) is 1.31. The number of halogens is 1. The van der Waals surface area contributed by atoms with Crippen LogP contribution in [0.25, 0.3) is 0 Å². The van der Waals surface area contributed by atoms with Crippen LogP contribution in [0, 0.1) is 6.92 Å². The van der Waals surface area contributed by atoms with Crippen LogP contribution in [0.4, 0.5) is 0 Å². The van der Waals surface area contributed by atoms with E-state index in [1.165, 1.54) is 6.20 Å². The van der Waals surface area contributed by atoms with E-state index in [4.69, 9.17) is 16.6 Å². The van der Waals surface area contributed by atoms with Gasteiger partial charge in [-0.2, -0.15) is 0 Å². The minimum atomic E-state index is -0.473. The molecule has 0 bridgehead atoms. The molecular weight excluding hydrogens is 218 g/mol. The molecule has 1 heterocycles. The maximum absolute atomic E-state index is 9.70. The summed E-state index contributed by atoms with van der Waals surface area (Å²) in [5.41, 5.74) is 12.6. The Bertz CT molecular complexity index is 333. The van der Waals surface area contributed by atoms with Gasteiger partial charge in [0.2, 0.25) is 0 Å². The molecule has 0 unspecified atom stereocenters. The molecule has 0 radical (unpaired) electrons. The molecular formula is C9H16ClN3O2. The normalized spacial score (nSPS) is 12.0. The van der Waals surface area contributed by atoms with Gasteiger partial charge in [-0.3, -0.25) is 4.98 Å². The summed E-state index contributed by atoms with van der Waals surface area (Å²) < 4.78 is 0. The summed E-state index contributed by atoms with van der Waals surface area (Å²) in [4.78, 5) is 3.92. The van der Waals surface area contributed by atoms with Gasteiger partial charge in [0.05, 0.1) is 12.3 Å². The maximum atomic E-state index is 9.70. The fourth-order valence-electron chi connectivity index (χ4n) is 1.31. The summed E-state index contributed by atoms with van der Waals surface area (Å²) in [5.74, 6) is 0.0227. The molecule has 0 saturated carbocycles. The molecule has 1 aromatic rings. The van der Waals surface area contributed by atoms with Gasteiger partial charge < -0.3 is 21.7 Å². The Balaban J connectivity index is 0.00000196. The molecule has 1 aromatic heterocycles. The van der Waals surface area contributed by atoms with Gasteiger partial charge in [-0.1, -0.05) is 0 Å². The fraction of sp³-hybridized carbons (Fsp3) is 0.444. The van der Waals surface area contributed by atoms with Crippen LogP contribution >= 0.6 is 12.4 Å². The molecule has 6 heteroatoms. The SMILES string of the molecule is Cc1ncc(CO)c([C@H](N)CN)c1O.Cl. The Morgan fingerprint density at radius 3 is 2.60 bits per heavy atom. The number of rotatable bonds is 3. The Morgan fingerprint density at radius 1 is 1.53 bits per heavy atom. The topological polar surface area (TPSA) is 105 Å². The lowest BCUT2D eigenvalue weighted by Crippen LogP contribution is -2.22. The van der Waals surface area contributed by atoms with E-state index >= 15 is 0 Å². The summed E-state index contributed by atoms with van der Waals surface area (Å²) in [6, 6.07) is -0.473. The molecule has 0 fully saturated rings. The van der Waals surface area contributed by atoms with E-state index in [-0.39, 0.29) is 31.3 Å². The Hall–Kier alpha value is -0.880. The molecule has 86 valence electrons. The minimum Gasteiger partial charge on any atom is -0.506 e. The van der Waals surface area contributed by atoms with Crippen molar-refractivity contribution in [1.29, 1.82) is 0 Å². The van der Waals surface area contributed by atoms with Crippen molar-refractivity contribution in [1.82, 2.24) is 4.98 Å². The van der Waals surface area contributed by atoms with Crippen LogP contribution in [0.2, 0.25) is 0 Å². The molecule has 0 aliphatic heterocycles. The molecule has 1 atom stereocenters. The van der Waals surface area contributed by atoms with Crippen molar-refractivity contribution in [3.05, 3.63) is 23.0 Å². The van der Waals surface area contributed by atoms with Crippen molar-refractivity contribution in [2.24, 2.45) is 11.5 Å². The summed E-state index contributed by atoms with van der Waals surface area (Å²) in [7, 11) is 0. The van der Waals surface area contributed by atoms with E-state index in [2.05, 4.69) is 4.98 Å². The number of aromatic nitrogens is 1. The zero-order valence-corrected chi connectivity index (χ0v) is 9.29. The van der Waals surface area contributed by atoms with Crippen LogP contribution in [-0.2, 0) is 6.61 Å². The highest BCUT2D eigenvalue weighted by Crippen LogP contribution is 2.28. The van der Waals surface area contributed by atoms with Crippen molar-refractivity contribution < 1.29 is 10.2 Å². The Labute approximate surface area is 94.5 Å². The molecule has 0 amide bonds. The first-order valence-electron chi connectivity index (χ1n) is 4.35. The third-order valence-corrected chi connectivity index (χ3v) is 2.15. The second-order valence-corrected chi connectivity index (χ2v) is 3.13. The molecule has 0 aromatic carbocycles. The number of hydrogen-bond donors (Lipinski definition) is 4. The number of aromatic hydroxyl groups is 1. The summed E-state index contributed by atoms with van der Waals surface area (Å²) >= 11 is 0. The highest BCUT2D eigenvalue weighted by Gasteiger charge is 2.16. The quantitative estimate of drug-likeness (QED) is 0.587. The van der Waals surface area contributed by atoms with Gasteiger partial charge in [0.25, 0.3) is 0 Å². The van der Waals surface area contributed by atoms with E-state index in [1.54, 1.807) is 6.92 Å². The lowest BCUT2D eigenvalue weighted by atomic mass is 10.0. The number of nitrogens with two attached hydrogens (primary N) is 2. The smallest absolute Gasteiger partial charge is 0.141 e. The van der Waals surface area contributed by atoms with Gasteiger partial charge in [0.15, 0.2) is 0 Å². The first-order valence-corrected chi connectivity index (χ1v) is 4.35. The number of aliphatic hydroxyl groups excluding tert-OH is 1. The molecule has 0 saturated heterocycles. The Kier molecular flexibility index (Phi) is 5.53. The van der Waals surface area contributed by atoms with Crippen molar-refractivity contribution >= 4 is 12.4 Å². The molecule has 5 nitrogen and oxygen atoms in total. The molecule has 0 spiro atoms. The zero-order chi connectivity index (χ0) is 10.7. The second kappa shape index (κ2) is 5.87. The average Bonchev–Trinajstić information content (AvgIpc) is 2.20. The average molecular weight is 234 g/mol. The number of pyridine rings is 1. The largest absolute Gasteiger partial charge is 0.506 e. The predicted molar refractivity (Wildman–Crippen MR) is 59.8 cm³/mol. The third-order valence-electron chi connectivity index (χ3n) is 2.15. The second-order valence-electron chi connectivity index (χ2n) is 3.13. The highest BCUT2D eigenvalue weighted by atomic mass is 35.5. The van der Waals surface area contributed by atoms with Gasteiger partial charge >= 0.3 is 0 Å². The van der Waals surface area contributed by atoms with E-state index < -0.39 is 6.04 Å². The van der Waals surface area contributed by atoms with Gasteiger partial charge in [-0.25, -0.2) is 0 Å². The van der Waals surface area contributed by atoms with Gasteiger partial charge in [-0.05, 0) is 6.92 Å². The number of aliphatic hydroxyl groups is 1. The van der Waals surface area contributed by atoms with Crippen molar-refractivity contribution in [2.45, 2.75) is 19.6 Å². The summed E-state index contributed by atoms with van der Waals surface area (Å²) in [6.45, 7) is 1.68. The van der Waals surface area contributed by atoms with Crippen LogP contribution in [0.5, 0.6) is 5.75 Å². The summed E-state index contributed by atoms with van der Waals surface area (Å²) in [6.07, 6.45) is 1.50. The molecule has 1 rings (SSSR count). The molecule has 15 heavy (non-hydrogen) atoms. The number of aryl methyl sites for hydroxylation is 1. The van der Waals surface area contributed by atoms with Gasteiger partial charge in [0.1, 0.15) is 5.75 Å². The van der Waals surface area contributed by atoms with Crippen LogP contribution < -0.4 is 11.5 Å². The van der Waals surface area contributed by atoms with E-state index in [0.717, 1.165) is 0 Å². The highest BCUT2D eigenvalue weighted by molar-refractivity contribution is 5.85. The number of nitrogens with zero attached hydrogens (tertiary/aromatic N) is 1. The predicted octanol–water partition coefficient (Wildman–Crippen LogP) is -0.0318. The number of hydrogen-bond acceptors (Lipinski definition) is 5. The maximum Gasteiger partial charge on any atom is 0.141 e.